The fourth-order valence-electron chi connectivity index (χ4n) is 6.97. The molecule has 0 radical (unpaired) electrons. The number of allylic oxidation sites excluding steroid dienone is 7. The molecule has 0 aromatic heterocycles. The average molecular weight is 599 g/mol. The summed E-state index contributed by atoms with van der Waals surface area (Å²) in [5.41, 5.74) is 11.0. The average Bonchev–Trinajstić information content (AvgIpc) is 3.31. The third kappa shape index (κ3) is 4.91. The van der Waals surface area contributed by atoms with E-state index in [-0.39, 0.29) is 5.41 Å². The smallest absolute Gasteiger partial charge is 0.178 e. The van der Waals surface area contributed by atoms with Crippen LogP contribution < -0.4 is 9.47 Å². The zero-order valence-corrected chi connectivity index (χ0v) is 27.1. The first-order chi connectivity index (χ1) is 22.3. The van der Waals surface area contributed by atoms with Gasteiger partial charge in [0.05, 0.1) is 0 Å². The topological polar surface area (TPSA) is 18.5 Å². The zero-order valence-electron chi connectivity index (χ0n) is 27.1. The van der Waals surface area contributed by atoms with Crippen molar-refractivity contribution in [3.8, 4) is 22.6 Å². The molecule has 7 rings (SSSR count). The van der Waals surface area contributed by atoms with Gasteiger partial charge in [0.25, 0.3) is 0 Å². The quantitative estimate of drug-likeness (QED) is 0.181. The SMILES string of the molecule is C=C(/C=C(\C=C(/C)c1ccccc1)C(=C/C)/C1=C(C)Oc2ccc3c(c2O1)-c1ccccc1C3(C)C)c1cccc2ccccc12. The molecule has 1 aliphatic carbocycles. The second kappa shape index (κ2) is 11.5. The minimum Gasteiger partial charge on any atom is -0.454 e. The van der Waals surface area contributed by atoms with Crippen molar-refractivity contribution in [1.29, 1.82) is 0 Å². The number of rotatable bonds is 6. The first kappa shape index (κ1) is 29.4. The highest BCUT2D eigenvalue weighted by molar-refractivity contribution is 5.96. The highest BCUT2D eigenvalue weighted by atomic mass is 16.6. The Labute approximate surface area is 272 Å². The number of ether oxygens (including phenoxy) is 2. The van der Waals surface area contributed by atoms with E-state index >= 15 is 0 Å². The van der Waals surface area contributed by atoms with Gasteiger partial charge in [0.1, 0.15) is 5.76 Å². The van der Waals surface area contributed by atoms with Crippen molar-refractivity contribution in [3.63, 3.8) is 0 Å². The van der Waals surface area contributed by atoms with Crippen molar-refractivity contribution >= 4 is 21.9 Å². The highest BCUT2D eigenvalue weighted by Crippen LogP contribution is 2.56. The fraction of sp³-hybridized carbons (Fsp3) is 0.136. The van der Waals surface area contributed by atoms with Crippen LogP contribution in [0.1, 0.15) is 56.9 Å². The lowest BCUT2D eigenvalue weighted by Gasteiger charge is -2.27. The molecule has 0 saturated carbocycles. The summed E-state index contributed by atoms with van der Waals surface area (Å²) < 4.78 is 13.6. The van der Waals surface area contributed by atoms with E-state index in [0.29, 0.717) is 5.76 Å². The Bertz CT molecular complexity index is 2150. The molecule has 5 aromatic carbocycles. The van der Waals surface area contributed by atoms with Crippen LogP contribution in [0, 0.1) is 0 Å². The predicted octanol–water partition coefficient (Wildman–Crippen LogP) is 11.8. The van der Waals surface area contributed by atoms with Gasteiger partial charge in [-0.3, -0.25) is 0 Å². The maximum Gasteiger partial charge on any atom is 0.178 e. The van der Waals surface area contributed by atoms with Crippen molar-refractivity contribution in [3.05, 3.63) is 179 Å². The summed E-state index contributed by atoms with van der Waals surface area (Å²) in [4.78, 5) is 0. The maximum atomic E-state index is 7.00. The Morgan fingerprint density at radius 1 is 0.739 bits per heavy atom. The van der Waals surface area contributed by atoms with Crippen LogP contribution in [0.4, 0.5) is 0 Å². The molecule has 0 unspecified atom stereocenters. The molecule has 0 atom stereocenters. The summed E-state index contributed by atoms with van der Waals surface area (Å²) in [6.07, 6.45) is 6.52. The molecule has 0 fully saturated rings. The summed E-state index contributed by atoms with van der Waals surface area (Å²) in [5.74, 6) is 2.94. The number of hydrogen-bond acceptors (Lipinski definition) is 2. The molecule has 2 heteroatoms. The number of hydrogen-bond donors (Lipinski definition) is 0. The molecule has 0 N–H and O–H groups in total. The minimum atomic E-state index is -0.138. The first-order valence-electron chi connectivity index (χ1n) is 15.9. The molecule has 1 heterocycles. The Balaban J connectivity index is 1.36. The third-order valence-corrected chi connectivity index (χ3v) is 9.36. The molecule has 0 bridgehead atoms. The summed E-state index contributed by atoms with van der Waals surface area (Å²) in [7, 11) is 0. The van der Waals surface area contributed by atoms with Gasteiger partial charge in [0, 0.05) is 16.6 Å². The van der Waals surface area contributed by atoms with Gasteiger partial charge in [-0.05, 0) is 88.2 Å². The van der Waals surface area contributed by atoms with Crippen LogP contribution in [0.15, 0.2) is 157 Å². The van der Waals surface area contributed by atoms with Gasteiger partial charge < -0.3 is 9.47 Å². The van der Waals surface area contributed by atoms with Gasteiger partial charge in [-0.25, -0.2) is 0 Å². The van der Waals surface area contributed by atoms with E-state index < -0.39 is 0 Å². The summed E-state index contributed by atoms with van der Waals surface area (Å²) in [6.45, 7) is 15.3. The summed E-state index contributed by atoms with van der Waals surface area (Å²) in [6, 6.07) is 38.2. The lowest BCUT2D eigenvalue weighted by molar-refractivity contribution is 0.303. The Kier molecular flexibility index (Phi) is 7.37. The van der Waals surface area contributed by atoms with E-state index in [1.807, 2.05) is 13.0 Å². The van der Waals surface area contributed by atoms with Crippen LogP contribution in [0.25, 0.3) is 33.0 Å². The van der Waals surface area contributed by atoms with Crippen molar-refractivity contribution in [2.45, 2.75) is 40.0 Å². The monoisotopic (exact) mass is 598 g/mol. The third-order valence-electron chi connectivity index (χ3n) is 9.36. The van der Waals surface area contributed by atoms with Crippen LogP contribution in [0.5, 0.6) is 11.5 Å². The summed E-state index contributed by atoms with van der Waals surface area (Å²) >= 11 is 0. The molecule has 0 saturated heterocycles. The Hall–Kier alpha value is -5.34. The maximum absolute atomic E-state index is 7.00. The van der Waals surface area contributed by atoms with E-state index in [1.54, 1.807) is 0 Å². The normalized spacial score (nSPS) is 15.5. The molecule has 46 heavy (non-hydrogen) atoms. The van der Waals surface area contributed by atoms with Crippen LogP contribution in [0.2, 0.25) is 0 Å². The second-order valence-corrected chi connectivity index (χ2v) is 12.6. The second-order valence-electron chi connectivity index (χ2n) is 12.6. The standard InChI is InChI=1S/C44H38O2/c1-7-34(42-30(4)45-40-25-24-39-41(43(40)46-42)37-21-13-14-23-38(37)44(39,5)6)33(26-28(2)31-16-9-8-10-17-31)27-29(3)35-22-15-19-32-18-11-12-20-36(32)35/h7-27H,3H2,1-2,4-6H3/b28-26+,33-27+,34-7-. The van der Waals surface area contributed by atoms with Crippen molar-refractivity contribution in [2.24, 2.45) is 0 Å². The molecular formula is C44H38O2. The molecule has 2 aliphatic rings. The largest absolute Gasteiger partial charge is 0.454 e. The van der Waals surface area contributed by atoms with E-state index in [4.69, 9.17) is 9.47 Å². The predicted molar refractivity (Wildman–Crippen MR) is 193 cm³/mol. The van der Waals surface area contributed by atoms with Crippen LogP contribution in [0.3, 0.4) is 0 Å². The molecular weight excluding hydrogens is 560 g/mol. The number of benzene rings is 5. The van der Waals surface area contributed by atoms with E-state index in [9.17, 15) is 0 Å². The lowest BCUT2D eigenvalue weighted by Crippen LogP contribution is -2.16. The van der Waals surface area contributed by atoms with Gasteiger partial charge in [0.15, 0.2) is 17.3 Å². The number of fused-ring (bicyclic) bond motifs is 6. The Morgan fingerprint density at radius 3 is 2.26 bits per heavy atom. The molecule has 5 aromatic rings. The van der Waals surface area contributed by atoms with Gasteiger partial charge in [-0.1, -0.05) is 136 Å². The van der Waals surface area contributed by atoms with Crippen molar-refractivity contribution in [1.82, 2.24) is 0 Å². The van der Waals surface area contributed by atoms with E-state index in [1.165, 1.54) is 27.5 Å². The fourth-order valence-corrected chi connectivity index (χ4v) is 6.97. The molecule has 2 nitrogen and oxygen atoms in total. The highest BCUT2D eigenvalue weighted by Gasteiger charge is 2.39. The van der Waals surface area contributed by atoms with Crippen molar-refractivity contribution in [2.75, 3.05) is 0 Å². The van der Waals surface area contributed by atoms with Crippen LogP contribution in [-0.4, -0.2) is 0 Å². The Morgan fingerprint density at radius 2 is 1.46 bits per heavy atom. The van der Waals surface area contributed by atoms with Gasteiger partial charge in [-0.2, -0.15) is 0 Å². The molecule has 226 valence electrons. The zero-order chi connectivity index (χ0) is 32.0. The van der Waals surface area contributed by atoms with Crippen LogP contribution in [-0.2, 0) is 5.41 Å². The van der Waals surface area contributed by atoms with Gasteiger partial charge >= 0.3 is 0 Å². The lowest BCUT2D eigenvalue weighted by atomic mass is 9.82. The molecule has 0 amide bonds. The van der Waals surface area contributed by atoms with E-state index in [0.717, 1.165) is 56.2 Å². The van der Waals surface area contributed by atoms with Gasteiger partial charge in [-0.15, -0.1) is 0 Å². The van der Waals surface area contributed by atoms with Crippen LogP contribution >= 0.6 is 0 Å². The first-order valence-corrected chi connectivity index (χ1v) is 15.9. The summed E-state index contributed by atoms with van der Waals surface area (Å²) in [5, 5.41) is 2.37. The minimum absolute atomic E-state index is 0.138. The van der Waals surface area contributed by atoms with E-state index in [2.05, 4.69) is 156 Å². The van der Waals surface area contributed by atoms with Crippen molar-refractivity contribution < 1.29 is 9.47 Å². The van der Waals surface area contributed by atoms with Gasteiger partial charge in [0.2, 0.25) is 0 Å². The molecule has 1 aliphatic heterocycles. The molecule has 0 spiro atoms.